The molecule has 0 N–H and O–H groups in total. The molecule has 0 saturated heterocycles. The van der Waals surface area contributed by atoms with Crippen LogP contribution in [0.15, 0.2) is 18.2 Å². The third-order valence-corrected chi connectivity index (χ3v) is 1.67. The minimum atomic E-state index is -2.79. The molecule has 4 heteroatoms. The van der Waals surface area contributed by atoms with Crippen molar-refractivity contribution in [2.24, 2.45) is 0 Å². The van der Waals surface area contributed by atoms with Crippen molar-refractivity contribution in [3.05, 3.63) is 23.8 Å². The van der Waals surface area contributed by atoms with Gasteiger partial charge in [0.05, 0.1) is 6.61 Å². The third-order valence-electron chi connectivity index (χ3n) is 1.67. The first-order valence-electron chi connectivity index (χ1n) is 4.31. The predicted octanol–water partition coefficient (Wildman–Crippen LogP) is 3.00. The zero-order valence-electron chi connectivity index (χ0n) is 8.09. The van der Waals surface area contributed by atoms with Gasteiger partial charge in [-0.15, -0.1) is 0 Å². The fraction of sp³-hybridized carbons (Fsp3) is 0.400. The Kier molecular flexibility index (Phi) is 3.68. The molecule has 1 aromatic carbocycles. The van der Waals surface area contributed by atoms with Crippen molar-refractivity contribution in [1.29, 1.82) is 0 Å². The standard InChI is InChI=1S/C10H12F2O2/c1-3-13-8-4-5-9(7(2)6-8)14-10(11)12/h4-6,10H,3H2,1-2H3. The van der Waals surface area contributed by atoms with Crippen molar-refractivity contribution in [1.82, 2.24) is 0 Å². The van der Waals surface area contributed by atoms with Crippen LogP contribution in [0.3, 0.4) is 0 Å². The van der Waals surface area contributed by atoms with Gasteiger partial charge in [0.25, 0.3) is 0 Å². The summed E-state index contributed by atoms with van der Waals surface area (Å²) in [5.74, 6) is 0.843. The molecule has 0 unspecified atom stereocenters. The Bertz CT molecular complexity index is 300. The number of hydrogen-bond donors (Lipinski definition) is 0. The van der Waals surface area contributed by atoms with Gasteiger partial charge in [-0.3, -0.25) is 0 Å². The molecule has 0 aliphatic carbocycles. The summed E-state index contributed by atoms with van der Waals surface area (Å²) in [6.45, 7) is 1.32. The number of benzene rings is 1. The van der Waals surface area contributed by atoms with Crippen LogP contribution in [0.5, 0.6) is 11.5 Å². The molecule has 0 aliphatic rings. The smallest absolute Gasteiger partial charge is 0.387 e. The predicted molar refractivity (Wildman–Crippen MR) is 49.0 cm³/mol. The second-order valence-corrected chi connectivity index (χ2v) is 2.74. The Labute approximate surface area is 81.4 Å². The van der Waals surface area contributed by atoms with Crippen molar-refractivity contribution in [2.75, 3.05) is 6.61 Å². The van der Waals surface area contributed by atoms with Crippen LogP contribution >= 0.6 is 0 Å². The maximum Gasteiger partial charge on any atom is 0.387 e. The maximum atomic E-state index is 11.9. The molecule has 0 radical (unpaired) electrons. The molecule has 0 bridgehead atoms. The van der Waals surface area contributed by atoms with E-state index in [4.69, 9.17) is 4.74 Å². The Balaban J connectivity index is 2.79. The molecule has 0 fully saturated rings. The molecule has 0 spiro atoms. The highest BCUT2D eigenvalue weighted by molar-refractivity contribution is 5.39. The van der Waals surface area contributed by atoms with Gasteiger partial charge in [-0.05, 0) is 37.6 Å². The number of ether oxygens (including phenoxy) is 2. The van der Waals surface area contributed by atoms with E-state index in [0.29, 0.717) is 17.9 Å². The number of rotatable bonds is 4. The number of hydrogen-bond acceptors (Lipinski definition) is 2. The quantitative estimate of drug-likeness (QED) is 0.747. The van der Waals surface area contributed by atoms with Gasteiger partial charge in [-0.2, -0.15) is 8.78 Å². The van der Waals surface area contributed by atoms with Crippen molar-refractivity contribution >= 4 is 0 Å². The van der Waals surface area contributed by atoms with Crippen LogP contribution in [0.25, 0.3) is 0 Å². The van der Waals surface area contributed by atoms with Crippen molar-refractivity contribution in [3.8, 4) is 11.5 Å². The van der Waals surface area contributed by atoms with E-state index >= 15 is 0 Å². The molecule has 1 aromatic rings. The fourth-order valence-corrected chi connectivity index (χ4v) is 1.11. The minimum absolute atomic E-state index is 0.184. The highest BCUT2D eigenvalue weighted by Crippen LogP contribution is 2.24. The molecule has 0 aliphatic heterocycles. The monoisotopic (exact) mass is 202 g/mol. The zero-order chi connectivity index (χ0) is 10.6. The summed E-state index contributed by atoms with van der Waals surface area (Å²) in [7, 11) is 0. The normalized spacial score (nSPS) is 10.4. The van der Waals surface area contributed by atoms with E-state index < -0.39 is 6.61 Å². The van der Waals surface area contributed by atoms with Crippen LogP contribution in [0, 0.1) is 6.92 Å². The lowest BCUT2D eigenvalue weighted by atomic mass is 10.2. The van der Waals surface area contributed by atoms with Gasteiger partial charge >= 0.3 is 6.61 Å². The first-order chi connectivity index (χ1) is 6.63. The van der Waals surface area contributed by atoms with E-state index in [0.717, 1.165) is 0 Å². The van der Waals surface area contributed by atoms with Crippen LogP contribution < -0.4 is 9.47 Å². The lowest BCUT2D eigenvalue weighted by molar-refractivity contribution is -0.0503. The molecule has 0 saturated carbocycles. The molecular formula is C10H12F2O2. The largest absolute Gasteiger partial charge is 0.494 e. The van der Waals surface area contributed by atoms with Gasteiger partial charge in [-0.1, -0.05) is 0 Å². The lowest BCUT2D eigenvalue weighted by Crippen LogP contribution is -2.03. The average Bonchev–Trinajstić information content (AvgIpc) is 2.10. The second-order valence-electron chi connectivity index (χ2n) is 2.74. The molecule has 0 heterocycles. The molecule has 78 valence electrons. The van der Waals surface area contributed by atoms with E-state index in [1.807, 2.05) is 6.92 Å². The Morgan fingerprint density at radius 3 is 2.57 bits per heavy atom. The summed E-state index contributed by atoms with van der Waals surface area (Å²) in [6, 6.07) is 4.75. The SMILES string of the molecule is CCOc1ccc(OC(F)F)c(C)c1. The van der Waals surface area contributed by atoms with E-state index in [1.54, 1.807) is 19.1 Å². The molecular weight excluding hydrogens is 190 g/mol. The van der Waals surface area contributed by atoms with E-state index in [-0.39, 0.29) is 5.75 Å². The van der Waals surface area contributed by atoms with Gasteiger partial charge in [-0.25, -0.2) is 0 Å². The number of alkyl halides is 2. The van der Waals surface area contributed by atoms with Gasteiger partial charge in [0.2, 0.25) is 0 Å². The number of halogens is 2. The van der Waals surface area contributed by atoms with Gasteiger partial charge in [0, 0.05) is 0 Å². The van der Waals surface area contributed by atoms with Crippen LogP contribution in [-0.4, -0.2) is 13.2 Å². The zero-order valence-corrected chi connectivity index (χ0v) is 8.09. The van der Waals surface area contributed by atoms with E-state index in [2.05, 4.69) is 4.74 Å². The molecule has 0 aromatic heterocycles. The third kappa shape index (κ3) is 2.87. The van der Waals surface area contributed by atoms with Crippen LogP contribution in [0.1, 0.15) is 12.5 Å². The van der Waals surface area contributed by atoms with Gasteiger partial charge in [0.15, 0.2) is 0 Å². The van der Waals surface area contributed by atoms with E-state index in [9.17, 15) is 8.78 Å². The Hall–Kier alpha value is -1.32. The van der Waals surface area contributed by atoms with Gasteiger partial charge < -0.3 is 9.47 Å². The molecule has 14 heavy (non-hydrogen) atoms. The average molecular weight is 202 g/mol. The van der Waals surface area contributed by atoms with E-state index in [1.165, 1.54) is 6.07 Å². The van der Waals surface area contributed by atoms with Crippen molar-refractivity contribution in [2.45, 2.75) is 20.5 Å². The second kappa shape index (κ2) is 4.79. The summed E-state index contributed by atoms with van der Waals surface area (Å²) in [5, 5.41) is 0. The minimum Gasteiger partial charge on any atom is -0.494 e. The number of aryl methyl sites for hydroxylation is 1. The lowest BCUT2D eigenvalue weighted by Gasteiger charge is -2.09. The van der Waals surface area contributed by atoms with Crippen molar-refractivity contribution in [3.63, 3.8) is 0 Å². The topological polar surface area (TPSA) is 18.5 Å². The summed E-state index contributed by atoms with van der Waals surface area (Å²) in [5.41, 5.74) is 0.635. The summed E-state index contributed by atoms with van der Waals surface area (Å²) >= 11 is 0. The fourth-order valence-electron chi connectivity index (χ4n) is 1.11. The summed E-state index contributed by atoms with van der Waals surface area (Å²) in [4.78, 5) is 0. The highest BCUT2D eigenvalue weighted by Gasteiger charge is 2.07. The molecule has 1 rings (SSSR count). The summed E-state index contributed by atoms with van der Waals surface area (Å²) < 4.78 is 33.3. The Morgan fingerprint density at radius 2 is 2.07 bits per heavy atom. The first-order valence-corrected chi connectivity index (χ1v) is 4.31. The highest BCUT2D eigenvalue weighted by atomic mass is 19.3. The van der Waals surface area contributed by atoms with Crippen molar-refractivity contribution < 1.29 is 18.3 Å². The van der Waals surface area contributed by atoms with Gasteiger partial charge in [0.1, 0.15) is 11.5 Å². The summed E-state index contributed by atoms with van der Waals surface area (Å²) in [6.07, 6.45) is 0. The molecule has 2 nitrogen and oxygen atoms in total. The van der Waals surface area contributed by atoms with Crippen LogP contribution in [0.2, 0.25) is 0 Å². The Morgan fingerprint density at radius 1 is 1.36 bits per heavy atom. The maximum absolute atomic E-state index is 11.9. The van der Waals surface area contributed by atoms with Crippen LogP contribution in [-0.2, 0) is 0 Å². The first kappa shape index (κ1) is 10.8. The molecule has 0 amide bonds. The molecule has 0 atom stereocenters. The van der Waals surface area contributed by atoms with Crippen LogP contribution in [0.4, 0.5) is 8.78 Å².